The van der Waals surface area contributed by atoms with Crippen molar-refractivity contribution >= 4 is 13.2 Å². The first-order chi connectivity index (χ1) is 7.80. The van der Waals surface area contributed by atoms with Crippen LogP contribution in [-0.2, 0) is 9.31 Å². The third-order valence-corrected chi connectivity index (χ3v) is 4.25. The molecule has 1 N–H and O–H groups in total. The van der Waals surface area contributed by atoms with E-state index in [1.807, 2.05) is 20.8 Å². The summed E-state index contributed by atoms with van der Waals surface area (Å²) in [4.78, 5) is 11.2. The topological polar surface area (TPSA) is 62.2 Å². The first-order valence-corrected chi connectivity index (χ1v) is 5.78. The van der Waals surface area contributed by atoms with Gasteiger partial charge in [-0.3, -0.25) is 0 Å². The molecule has 0 saturated carbocycles. The fourth-order valence-electron chi connectivity index (χ4n) is 2.68. The minimum atomic E-state index is -0.942. The monoisotopic (exact) mass is 242 g/mol. The van der Waals surface area contributed by atoms with Crippen LogP contribution in [-0.4, -0.2) is 60.6 Å². The Hall–Kier alpha value is -0.785. The summed E-state index contributed by atoms with van der Waals surface area (Å²) in [5.74, 6) is 0. The number of hydrogen-bond donors (Lipinski definition) is 1. The Morgan fingerprint density at radius 1 is 1.29 bits per heavy atom. The minimum Gasteiger partial charge on any atom is -0.464 e. The molecular weight excluding hydrogens is 223 g/mol. The molecule has 0 aromatic rings. The van der Waals surface area contributed by atoms with E-state index in [4.69, 9.17) is 9.31 Å². The molecule has 7 heteroatoms. The number of amides is 1. The Bertz CT molecular complexity index is 332. The SMILES string of the molecule is CN1N(C(=O)O)CC(C)(C)C1(C)B1OCCO1. The summed E-state index contributed by atoms with van der Waals surface area (Å²) in [5, 5.41) is 12.2. The van der Waals surface area contributed by atoms with E-state index in [-0.39, 0.29) is 12.5 Å². The van der Waals surface area contributed by atoms with Crippen LogP contribution in [0.4, 0.5) is 4.79 Å². The molecule has 2 rings (SSSR count). The Kier molecular flexibility index (Phi) is 2.88. The number of carbonyl (C=O) groups is 1. The molecule has 96 valence electrons. The predicted molar refractivity (Wildman–Crippen MR) is 62.3 cm³/mol. The van der Waals surface area contributed by atoms with Crippen molar-refractivity contribution in [2.75, 3.05) is 26.8 Å². The molecule has 0 radical (unpaired) electrons. The van der Waals surface area contributed by atoms with Crippen molar-refractivity contribution < 1.29 is 19.2 Å². The van der Waals surface area contributed by atoms with Crippen LogP contribution >= 0.6 is 0 Å². The van der Waals surface area contributed by atoms with E-state index in [0.717, 1.165) is 0 Å². The number of nitrogens with zero attached hydrogens (tertiary/aromatic N) is 2. The van der Waals surface area contributed by atoms with E-state index in [0.29, 0.717) is 19.8 Å². The second-order valence-electron chi connectivity index (χ2n) is 5.47. The highest BCUT2D eigenvalue weighted by Gasteiger charge is 2.63. The van der Waals surface area contributed by atoms with Gasteiger partial charge in [0.2, 0.25) is 0 Å². The molecule has 1 amide bonds. The lowest BCUT2D eigenvalue weighted by atomic mass is 9.53. The van der Waals surface area contributed by atoms with Crippen LogP contribution in [0.15, 0.2) is 0 Å². The zero-order valence-electron chi connectivity index (χ0n) is 10.8. The third-order valence-electron chi connectivity index (χ3n) is 4.25. The normalized spacial score (nSPS) is 33.4. The standard InChI is InChI=1S/C10H19BN2O4/c1-9(2)7-13(8(14)15)12(4)10(9,3)11-16-5-6-17-11/h5-7H2,1-4H3,(H,14,15). The van der Waals surface area contributed by atoms with Gasteiger partial charge in [0.05, 0.1) is 18.7 Å². The molecule has 0 spiro atoms. The van der Waals surface area contributed by atoms with Crippen LogP contribution in [0.1, 0.15) is 20.8 Å². The van der Waals surface area contributed by atoms with Crippen molar-refractivity contribution in [3.05, 3.63) is 0 Å². The molecule has 2 aliphatic rings. The maximum absolute atomic E-state index is 11.2. The molecule has 0 aromatic heterocycles. The Morgan fingerprint density at radius 2 is 1.82 bits per heavy atom. The van der Waals surface area contributed by atoms with Crippen molar-refractivity contribution in [3.63, 3.8) is 0 Å². The molecule has 2 heterocycles. The second kappa shape index (κ2) is 3.86. The predicted octanol–water partition coefficient (Wildman–Crippen LogP) is 0.686. The van der Waals surface area contributed by atoms with Crippen molar-refractivity contribution in [1.82, 2.24) is 10.0 Å². The van der Waals surface area contributed by atoms with Gasteiger partial charge in [0.15, 0.2) is 0 Å². The van der Waals surface area contributed by atoms with Crippen LogP contribution in [0.5, 0.6) is 0 Å². The van der Waals surface area contributed by atoms with Gasteiger partial charge >= 0.3 is 13.2 Å². The van der Waals surface area contributed by atoms with Gasteiger partial charge in [0.25, 0.3) is 0 Å². The smallest absolute Gasteiger partial charge is 0.464 e. The summed E-state index contributed by atoms with van der Waals surface area (Å²) in [5.41, 5.74) is -0.725. The Balaban J connectivity index is 2.33. The quantitative estimate of drug-likeness (QED) is 0.685. The summed E-state index contributed by atoms with van der Waals surface area (Å²) in [6.07, 6.45) is -0.942. The molecule has 1 atom stereocenters. The molecule has 0 aliphatic carbocycles. The van der Waals surface area contributed by atoms with Gasteiger partial charge in [-0.15, -0.1) is 0 Å². The van der Waals surface area contributed by atoms with E-state index >= 15 is 0 Å². The third kappa shape index (κ3) is 1.64. The largest absolute Gasteiger partial charge is 0.481 e. The van der Waals surface area contributed by atoms with Gasteiger partial charge in [0, 0.05) is 19.0 Å². The van der Waals surface area contributed by atoms with E-state index < -0.39 is 11.5 Å². The van der Waals surface area contributed by atoms with Crippen LogP contribution < -0.4 is 0 Å². The molecule has 0 bridgehead atoms. The molecule has 2 fully saturated rings. The van der Waals surface area contributed by atoms with Crippen molar-refractivity contribution in [1.29, 1.82) is 0 Å². The fraction of sp³-hybridized carbons (Fsp3) is 0.900. The van der Waals surface area contributed by atoms with Crippen molar-refractivity contribution in [3.8, 4) is 0 Å². The average molecular weight is 242 g/mol. The lowest BCUT2D eigenvalue weighted by Gasteiger charge is -2.41. The van der Waals surface area contributed by atoms with Gasteiger partial charge < -0.3 is 14.4 Å². The minimum absolute atomic E-state index is 0.241. The van der Waals surface area contributed by atoms with Crippen LogP contribution in [0.2, 0.25) is 0 Å². The van der Waals surface area contributed by atoms with E-state index in [9.17, 15) is 9.90 Å². The summed E-state index contributed by atoms with van der Waals surface area (Å²) in [7, 11) is 1.39. The van der Waals surface area contributed by atoms with Gasteiger partial charge in [-0.2, -0.15) is 0 Å². The zero-order valence-corrected chi connectivity index (χ0v) is 10.8. The first-order valence-electron chi connectivity index (χ1n) is 5.78. The van der Waals surface area contributed by atoms with Crippen LogP contribution in [0, 0.1) is 5.41 Å². The number of hydrogen-bond acceptors (Lipinski definition) is 4. The van der Waals surface area contributed by atoms with Crippen LogP contribution in [0.3, 0.4) is 0 Å². The van der Waals surface area contributed by atoms with E-state index in [1.165, 1.54) is 5.01 Å². The maximum atomic E-state index is 11.2. The molecule has 17 heavy (non-hydrogen) atoms. The Morgan fingerprint density at radius 3 is 2.24 bits per heavy atom. The molecular formula is C10H19BN2O4. The molecule has 2 aliphatic heterocycles. The lowest BCUT2D eigenvalue weighted by Crippen LogP contribution is -2.61. The van der Waals surface area contributed by atoms with Gasteiger partial charge in [0.1, 0.15) is 0 Å². The average Bonchev–Trinajstić information content (AvgIpc) is 2.81. The highest BCUT2D eigenvalue weighted by molar-refractivity contribution is 6.49. The van der Waals surface area contributed by atoms with Gasteiger partial charge in [-0.25, -0.2) is 14.8 Å². The summed E-state index contributed by atoms with van der Waals surface area (Å²) >= 11 is 0. The fourth-order valence-corrected chi connectivity index (χ4v) is 2.68. The number of rotatable bonds is 1. The van der Waals surface area contributed by atoms with Gasteiger partial charge in [-0.05, 0) is 6.92 Å². The highest BCUT2D eigenvalue weighted by atomic mass is 16.6. The van der Waals surface area contributed by atoms with E-state index in [2.05, 4.69) is 0 Å². The van der Waals surface area contributed by atoms with E-state index in [1.54, 1.807) is 12.1 Å². The second-order valence-corrected chi connectivity index (χ2v) is 5.47. The maximum Gasteiger partial charge on any atom is 0.481 e. The van der Waals surface area contributed by atoms with Crippen molar-refractivity contribution in [2.24, 2.45) is 5.41 Å². The first kappa shape index (κ1) is 12.7. The summed E-state index contributed by atoms with van der Waals surface area (Å²) in [6.45, 7) is 7.65. The number of hydrazine groups is 1. The van der Waals surface area contributed by atoms with Crippen molar-refractivity contribution in [2.45, 2.75) is 26.2 Å². The highest BCUT2D eigenvalue weighted by Crippen LogP contribution is 2.45. The molecule has 6 nitrogen and oxygen atoms in total. The summed E-state index contributed by atoms with van der Waals surface area (Å²) in [6, 6.07) is 0. The Labute approximate surface area is 102 Å². The summed E-state index contributed by atoms with van der Waals surface area (Å²) < 4.78 is 11.2. The number of carboxylic acid groups (broad SMARTS) is 1. The molecule has 1 unspecified atom stereocenters. The van der Waals surface area contributed by atoms with Crippen LogP contribution in [0.25, 0.3) is 0 Å². The molecule has 0 aromatic carbocycles. The molecule has 2 saturated heterocycles. The van der Waals surface area contributed by atoms with Gasteiger partial charge in [-0.1, -0.05) is 13.8 Å². The lowest BCUT2D eigenvalue weighted by molar-refractivity contribution is 0.00680. The zero-order chi connectivity index (χ0) is 12.8.